The molecule has 4 heteroatoms. The van der Waals surface area contributed by atoms with E-state index in [1.165, 1.54) is 89.9 Å². The molecule has 0 rings (SSSR count). The van der Waals surface area contributed by atoms with Gasteiger partial charge in [-0.1, -0.05) is 108 Å². The summed E-state index contributed by atoms with van der Waals surface area (Å²) >= 11 is 0. The minimum Gasteiger partial charge on any atom is -0.600 e. The van der Waals surface area contributed by atoms with Gasteiger partial charge in [0.25, 0.3) is 0 Å². The highest BCUT2D eigenvalue weighted by atomic mass is 16.5. The van der Waals surface area contributed by atoms with Crippen molar-refractivity contribution < 1.29 is 9.97 Å². The maximum absolute atomic E-state index is 11.0. The molecule has 0 heterocycles. The average Bonchev–Trinajstić information content (AvgIpc) is 2.58. The van der Waals surface area contributed by atoms with E-state index in [0.29, 0.717) is 11.4 Å². The molecule has 0 radical (unpaired) electrons. The number of hydrogen-bond donors (Lipinski definition) is 1. The largest absolute Gasteiger partial charge is 0.600 e. The summed E-state index contributed by atoms with van der Waals surface area (Å²) in [6, 6.07) is 0. The normalized spacial score (nSPS) is 12.0. The van der Waals surface area contributed by atoms with Crippen LogP contribution in [-0.4, -0.2) is 29.7 Å². The van der Waals surface area contributed by atoms with Crippen molar-refractivity contribution in [2.24, 2.45) is 5.11 Å². The summed E-state index contributed by atoms with van der Waals surface area (Å²) in [6.45, 7) is 2.85. The van der Waals surface area contributed by atoms with Crippen LogP contribution in [0.5, 0.6) is 0 Å². The molecule has 0 amide bonds. The van der Waals surface area contributed by atoms with E-state index in [1.807, 2.05) is 0 Å². The maximum Gasteiger partial charge on any atom is 0.203 e. The Balaban J connectivity index is 3.06. The molecule has 0 atom stereocenters. The second kappa shape index (κ2) is 20.4. The zero-order chi connectivity index (χ0) is 17.7. The summed E-state index contributed by atoms with van der Waals surface area (Å²) < 4.78 is 0. The first-order chi connectivity index (χ1) is 11.8. The Bertz CT molecular complexity index is 270. The molecule has 24 heavy (non-hydrogen) atoms. The molecule has 0 spiro atoms. The summed E-state index contributed by atoms with van der Waals surface area (Å²) in [5.74, 6) is 0. The molecular formula is C20H42N2O2. The van der Waals surface area contributed by atoms with E-state index >= 15 is 0 Å². The maximum atomic E-state index is 11.0. The molecule has 0 aromatic rings. The molecule has 4 nitrogen and oxygen atoms in total. The average molecular weight is 343 g/mol. The van der Waals surface area contributed by atoms with Gasteiger partial charge in [-0.15, -0.1) is 0 Å². The molecule has 144 valence electrons. The highest BCUT2D eigenvalue weighted by Crippen LogP contribution is 2.13. The topological polar surface area (TPSA) is 58.7 Å². The lowest BCUT2D eigenvalue weighted by atomic mass is 10.0. The van der Waals surface area contributed by atoms with Crippen LogP contribution in [0.15, 0.2) is 5.11 Å². The first kappa shape index (κ1) is 23.4. The number of rotatable bonds is 19. The van der Waals surface area contributed by atoms with E-state index in [4.69, 9.17) is 5.11 Å². The molecule has 0 bridgehead atoms. The molecule has 0 fully saturated rings. The van der Waals surface area contributed by atoms with E-state index in [0.717, 1.165) is 12.8 Å². The predicted octanol–water partition coefficient (Wildman–Crippen LogP) is 6.20. The summed E-state index contributed by atoms with van der Waals surface area (Å²) in [6.07, 6.45) is 21.6. The third kappa shape index (κ3) is 19.4. The molecule has 0 saturated heterocycles. The van der Waals surface area contributed by atoms with Gasteiger partial charge in [0.15, 0.2) is 0 Å². The monoisotopic (exact) mass is 342 g/mol. The number of aliphatic hydroxyl groups is 1. The second-order valence-electron chi connectivity index (χ2n) is 6.97. The van der Waals surface area contributed by atoms with Gasteiger partial charge in [-0.25, -0.2) is 0 Å². The predicted molar refractivity (Wildman–Crippen MR) is 102 cm³/mol. The van der Waals surface area contributed by atoms with E-state index < -0.39 is 0 Å². The van der Waals surface area contributed by atoms with Crippen molar-refractivity contribution in [1.29, 1.82) is 0 Å². The molecule has 0 unspecified atom stereocenters. The summed E-state index contributed by atoms with van der Waals surface area (Å²) in [7, 11) is 0. The molecule has 0 aliphatic heterocycles. The molecule has 1 N–H and O–H groups in total. The number of hydrogen-bond acceptors (Lipinski definition) is 3. The lowest BCUT2D eigenvalue weighted by Gasteiger charge is -2.03. The van der Waals surface area contributed by atoms with Gasteiger partial charge in [0, 0.05) is 0 Å². The Hall–Kier alpha value is -0.640. The Morgan fingerprint density at radius 2 is 1.04 bits per heavy atom. The first-order valence-corrected chi connectivity index (χ1v) is 10.5. The van der Waals surface area contributed by atoms with Crippen LogP contribution >= 0.6 is 0 Å². The molecule has 0 aromatic heterocycles. The Morgan fingerprint density at radius 3 is 1.42 bits per heavy atom. The third-order valence-corrected chi connectivity index (χ3v) is 4.56. The quantitative estimate of drug-likeness (QED) is 0.131. The second-order valence-corrected chi connectivity index (χ2v) is 6.97. The molecule has 0 aliphatic rings. The van der Waals surface area contributed by atoms with Crippen molar-refractivity contribution >= 4 is 0 Å². The number of azo groups is 1. The SMILES string of the molecule is CCCCCCCCCCCCCCCCCCN=[N+]([O-])CCO. The van der Waals surface area contributed by atoms with Crippen molar-refractivity contribution in [2.75, 3.05) is 19.7 Å². The van der Waals surface area contributed by atoms with Crippen LogP contribution in [0.25, 0.3) is 0 Å². The highest BCUT2D eigenvalue weighted by Gasteiger charge is 1.96. The van der Waals surface area contributed by atoms with E-state index in [-0.39, 0.29) is 13.2 Å². The van der Waals surface area contributed by atoms with Crippen molar-refractivity contribution in [3.8, 4) is 0 Å². The van der Waals surface area contributed by atoms with Gasteiger partial charge in [-0.2, -0.15) is 0 Å². The zero-order valence-corrected chi connectivity index (χ0v) is 16.2. The highest BCUT2D eigenvalue weighted by molar-refractivity contribution is 4.50. The molecule has 0 aromatic carbocycles. The van der Waals surface area contributed by atoms with Gasteiger partial charge in [-0.05, 0) is 11.5 Å². The van der Waals surface area contributed by atoms with E-state index in [1.54, 1.807) is 0 Å². The van der Waals surface area contributed by atoms with Gasteiger partial charge in [0.05, 0.1) is 0 Å². The van der Waals surface area contributed by atoms with Crippen molar-refractivity contribution in [1.82, 2.24) is 0 Å². The Morgan fingerprint density at radius 1 is 0.667 bits per heavy atom. The van der Waals surface area contributed by atoms with Gasteiger partial charge in [0.1, 0.15) is 13.2 Å². The van der Waals surface area contributed by atoms with Crippen LogP contribution in [0, 0.1) is 5.21 Å². The lowest BCUT2D eigenvalue weighted by Crippen LogP contribution is -2.07. The standard InChI is InChI=1S/C20H42N2O2/c1-2-3-4-5-6-7-8-9-10-11-12-13-14-15-16-17-18-21-22(24)19-20-23/h23H,2-20H2,1H3. The first-order valence-electron chi connectivity index (χ1n) is 10.5. The van der Waals surface area contributed by atoms with Crippen LogP contribution in [0.2, 0.25) is 0 Å². The number of unbranched alkanes of at least 4 members (excludes halogenated alkanes) is 15. The van der Waals surface area contributed by atoms with Gasteiger partial charge in [-0.3, -0.25) is 0 Å². The fraction of sp³-hybridized carbons (Fsp3) is 1.00. The van der Waals surface area contributed by atoms with E-state index in [2.05, 4.69) is 12.0 Å². The summed E-state index contributed by atoms with van der Waals surface area (Å²) in [5.41, 5.74) is 0. The van der Waals surface area contributed by atoms with Crippen LogP contribution in [0.4, 0.5) is 0 Å². The fourth-order valence-corrected chi connectivity index (χ4v) is 3.00. The molecule has 0 aliphatic carbocycles. The fourth-order valence-electron chi connectivity index (χ4n) is 3.00. The number of aliphatic hydroxyl groups excluding tert-OH is 1. The summed E-state index contributed by atoms with van der Waals surface area (Å²) in [4.78, 5) is 0.602. The van der Waals surface area contributed by atoms with Crippen LogP contribution in [-0.2, 0) is 0 Å². The number of nitrogens with zero attached hydrogens (tertiary/aromatic N) is 2. The molecular weight excluding hydrogens is 300 g/mol. The van der Waals surface area contributed by atoms with Crippen LogP contribution in [0.3, 0.4) is 0 Å². The minimum absolute atomic E-state index is 0.0961. The lowest BCUT2D eigenvalue weighted by molar-refractivity contribution is -0.532. The minimum atomic E-state index is -0.119. The third-order valence-electron chi connectivity index (χ3n) is 4.56. The summed E-state index contributed by atoms with van der Waals surface area (Å²) in [5, 5.41) is 23.4. The number of hydroxylamine groups is 1. The van der Waals surface area contributed by atoms with E-state index in [9.17, 15) is 5.21 Å². The van der Waals surface area contributed by atoms with Crippen molar-refractivity contribution in [3.05, 3.63) is 5.21 Å². The Labute approximate surface area is 150 Å². The zero-order valence-electron chi connectivity index (χ0n) is 16.2. The van der Waals surface area contributed by atoms with Crippen LogP contribution < -0.4 is 0 Å². The van der Waals surface area contributed by atoms with Crippen LogP contribution in [0.1, 0.15) is 110 Å². The smallest absolute Gasteiger partial charge is 0.203 e. The van der Waals surface area contributed by atoms with Crippen molar-refractivity contribution in [2.45, 2.75) is 110 Å². The van der Waals surface area contributed by atoms with Gasteiger partial charge < -0.3 is 10.3 Å². The van der Waals surface area contributed by atoms with Crippen molar-refractivity contribution in [3.63, 3.8) is 0 Å². The van der Waals surface area contributed by atoms with Gasteiger partial charge in [0.2, 0.25) is 6.54 Å². The Kier molecular flexibility index (Phi) is 19.9. The van der Waals surface area contributed by atoms with Gasteiger partial charge >= 0.3 is 0 Å². The molecule has 0 saturated carbocycles.